The molecule has 4 heteroatoms. The summed E-state index contributed by atoms with van der Waals surface area (Å²) in [6.07, 6.45) is 0. The van der Waals surface area contributed by atoms with Crippen molar-refractivity contribution < 1.29 is 14.6 Å². The van der Waals surface area contributed by atoms with Gasteiger partial charge in [0.15, 0.2) is 0 Å². The summed E-state index contributed by atoms with van der Waals surface area (Å²) >= 11 is 0. The van der Waals surface area contributed by atoms with Crippen molar-refractivity contribution in [2.75, 3.05) is 7.11 Å². The largest absolute Gasteiger partial charge is 0.508 e. The zero-order chi connectivity index (χ0) is 13.2. The number of aromatic hydroxyl groups is 1. The van der Waals surface area contributed by atoms with Crippen LogP contribution in [0, 0.1) is 12.3 Å². The van der Waals surface area contributed by atoms with Gasteiger partial charge in [0.1, 0.15) is 5.75 Å². The third-order valence-electron chi connectivity index (χ3n) is 3.01. The molecule has 17 heavy (non-hydrogen) atoms. The molecule has 1 aromatic carbocycles. The van der Waals surface area contributed by atoms with Gasteiger partial charge in [-0.25, -0.2) is 0 Å². The summed E-state index contributed by atoms with van der Waals surface area (Å²) in [5.41, 5.74) is 6.71. The smallest absolute Gasteiger partial charge is 0.313 e. The number of carbonyl (C=O) groups excluding carboxylic acids is 1. The Morgan fingerprint density at radius 1 is 1.47 bits per heavy atom. The molecule has 0 aliphatic carbocycles. The molecule has 1 rings (SSSR count). The SMILES string of the molecule is COC(=O)C(C)(C)[C@H](N)c1cc(C)ccc1O. The minimum Gasteiger partial charge on any atom is -0.508 e. The maximum absolute atomic E-state index is 11.7. The first-order valence-electron chi connectivity index (χ1n) is 5.44. The van der Waals surface area contributed by atoms with Crippen LogP contribution in [-0.2, 0) is 9.53 Å². The normalized spacial score (nSPS) is 13.2. The van der Waals surface area contributed by atoms with Crippen molar-refractivity contribution in [3.05, 3.63) is 29.3 Å². The van der Waals surface area contributed by atoms with Gasteiger partial charge in [-0.15, -0.1) is 0 Å². The molecule has 0 radical (unpaired) electrons. The van der Waals surface area contributed by atoms with Crippen LogP contribution in [0.1, 0.15) is 31.0 Å². The van der Waals surface area contributed by atoms with Gasteiger partial charge in [0, 0.05) is 11.6 Å². The molecule has 0 saturated heterocycles. The second-order valence-corrected chi connectivity index (χ2v) is 4.75. The average molecular weight is 237 g/mol. The highest BCUT2D eigenvalue weighted by Crippen LogP contribution is 2.36. The monoisotopic (exact) mass is 237 g/mol. The maximum Gasteiger partial charge on any atom is 0.313 e. The molecule has 0 fully saturated rings. The predicted molar refractivity (Wildman–Crippen MR) is 65.6 cm³/mol. The highest BCUT2D eigenvalue weighted by atomic mass is 16.5. The van der Waals surface area contributed by atoms with Gasteiger partial charge in [0.05, 0.1) is 12.5 Å². The number of phenols is 1. The van der Waals surface area contributed by atoms with E-state index in [1.165, 1.54) is 7.11 Å². The fraction of sp³-hybridized carbons (Fsp3) is 0.462. The lowest BCUT2D eigenvalue weighted by atomic mass is 9.80. The summed E-state index contributed by atoms with van der Waals surface area (Å²) in [4.78, 5) is 11.7. The fourth-order valence-electron chi connectivity index (χ4n) is 1.70. The molecule has 94 valence electrons. The first-order valence-corrected chi connectivity index (χ1v) is 5.44. The molecule has 4 nitrogen and oxygen atoms in total. The summed E-state index contributed by atoms with van der Waals surface area (Å²) in [6.45, 7) is 5.30. The molecular formula is C13H19NO3. The van der Waals surface area contributed by atoms with Gasteiger partial charge >= 0.3 is 5.97 Å². The number of aryl methyl sites for hydroxylation is 1. The molecule has 0 spiro atoms. The molecule has 0 saturated carbocycles. The van der Waals surface area contributed by atoms with Crippen LogP contribution in [0.25, 0.3) is 0 Å². The average Bonchev–Trinajstić information content (AvgIpc) is 2.30. The third kappa shape index (κ3) is 2.58. The van der Waals surface area contributed by atoms with Gasteiger partial charge in [-0.3, -0.25) is 4.79 Å². The molecule has 0 aromatic heterocycles. The lowest BCUT2D eigenvalue weighted by molar-refractivity contribution is -0.152. The number of ether oxygens (including phenoxy) is 1. The molecule has 1 aromatic rings. The van der Waals surface area contributed by atoms with Crippen LogP contribution in [0.3, 0.4) is 0 Å². The lowest BCUT2D eigenvalue weighted by Gasteiger charge is -2.29. The van der Waals surface area contributed by atoms with Gasteiger partial charge in [0.25, 0.3) is 0 Å². The van der Waals surface area contributed by atoms with Crippen LogP contribution in [0.15, 0.2) is 18.2 Å². The number of benzene rings is 1. The summed E-state index contributed by atoms with van der Waals surface area (Å²) in [5.74, 6) is -0.300. The van der Waals surface area contributed by atoms with E-state index in [2.05, 4.69) is 0 Å². The van der Waals surface area contributed by atoms with Gasteiger partial charge in [-0.05, 0) is 26.8 Å². The number of phenolic OH excluding ortho intramolecular Hbond substituents is 1. The topological polar surface area (TPSA) is 72.5 Å². The fourth-order valence-corrected chi connectivity index (χ4v) is 1.70. The van der Waals surface area contributed by atoms with E-state index in [1.54, 1.807) is 32.0 Å². The summed E-state index contributed by atoms with van der Waals surface area (Å²) in [6, 6.07) is 4.54. The van der Waals surface area contributed by atoms with E-state index in [4.69, 9.17) is 10.5 Å². The van der Waals surface area contributed by atoms with Crippen LogP contribution in [0.2, 0.25) is 0 Å². The van der Waals surface area contributed by atoms with Crippen LogP contribution in [0.5, 0.6) is 5.75 Å². The first kappa shape index (κ1) is 13.5. The Kier molecular flexibility index (Phi) is 3.78. The van der Waals surface area contributed by atoms with E-state index >= 15 is 0 Å². The van der Waals surface area contributed by atoms with Crippen LogP contribution in [-0.4, -0.2) is 18.2 Å². The Morgan fingerprint density at radius 2 is 2.06 bits per heavy atom. The number of carbonyl (C=O) groups is 1. The Hall–Kier alpha value is -1.55. The van der Waals surface area contributed by atoms with Crippen molar-refractivity contribution in [3.63, 3.8) is 0 Å². The van der Waals surface area contributed by atoms with Crippen LogP contribution < -0.4 is 5.73 Å². The molecule has 0 bridgehead atoms. The van der Waals surface area contributed by atoms with E-state index in [-0.39, 0.29) is 5.75 Å². The van der Waals surface area contributed by atoms with E-state index in [9.17, 15) is 9.90 Å². The summed E-state index contributed by atoms with van der Waals surface area (Å²) in [5, 5.41) is 9.79. The van der Waals surface area contributed by atoms with Gasteiger partial charge in [-0.1, -0.05) is 17.7 Å². The zero-order valence-corrected chi connectivity index (χ0v) is 10.7. The van der Waals surface area contributed by atoms with E-state index in [1.807, 2.05) is 6.92 Å². The highest BCUT2D eigenvalue weighted by Gasteiger charge is 2.37. The third-order valence-corrected chi connectivity index (χ3v) is 3.01. The van der Waals surface area contributed by atoms with Gasteiger partial charge < -0.3 is 15.6 Å². The minimum atomic E-state index is -0.889. The van der Waals surface area contributed by atoms with E-state index in [0.717, 1.165) is 5.56 Å². The van der Waals surface area contributed by atoms with Crippen molar-refractivity contribution in [1.29, 1.82) is 0 Å². The van der Waals surface area contributed by atoms with Crippen molar-refractivity contribution in [2.45, 2.75) is 26.8 Å². The lowest BCUT2D eigenvalue weighted by Crippen LogP contribution is -2.37. The second kappa shape index (κ2) is 4.75. The van der Waals surface area contributed by atoms with E-state index in [0.29, 0.717) is 5.56 Å². The quantitative estimate of drug-likeness (QED) is 0.787. The molecular weight excluding hydrogens is 218 g/mol. The van der Waals surface area contributed by atoms with Crippen LogP contribution >= 0.6 is 0 Å². The van der Waals surface area contributed by atoms with Gasteiger partial charge in [0.2, 0.25) is 0 Å². The van der Waals surface area contributed by atoms with Crippen molar-refractivity contribution >= 4 is 5.97 Å². The molecule has 0 amide bonds. The maximum atomic E-state index is 11.7. The van der Waals surface area contributed by atoms with Crippen LogP contribution in [0.4, 0.5) is 0 Å². The molecule has 0 aliphatic rings. The number of nitrogens with two attached hydrogens (primary N) is 1. The number of rotatable bonds is 3. The number of hydrogen-bond donors (Lipinski definition) is 2. The minimum absolute atomic E-state index is 0.0973. The summed E-state index contributed by atoms with van der Waals surface area (Å²) in [7, 11) is 1.33. The Balaban J connectivity index is 3.15. The summed E-state index contributed by atoms with van der Waals surface area (Å²) < 4.78 is 4.73. The van der Waals surface area contributed by atoms with Crippen molar-refractivity contribution in [1.82, 2.24) is 0 Å². The molecule has 1 atom stereocenters. The molecule has 3 N–H and O–H groups in total. The molecule has 0 heterocycles. The van der Waals surface area contributed by atoms with Crippen molar-refractivity contribution in [3.8, 4) is 5.75 Å². The van der Waals surface area contributed by atoms with Gasteiger partial charge in [-0.2, -0.15) is 0 Å². The Labute approximate surface area is 101 Å². The molecule has 0 unspecified atom stereocenters. The zero-order valence-electron chi connectivity index (χ0n) is 10.7. The highest BCUT2D eigenvalue weighted by molar-refractivity contribution is 5.77. The standard InChI is InChI=1S/C13H19NO3/c1-8-5-6-10(15)9(7-8)11(14)13(2,3)12(16)17-4/h5-7,11,15H,14H2,1-4H3/t11-/m1/s1. The number of esters is 1. The second-order valence-electron chi connectivity index (χ2n) is 4.75. The molecule has 0 aliphatic heterocycles. The Morgan fingerprint density at radius 3 is 2.59 bits per heavy atom. The Bertz CT molecular complexity index is 427. The predicted octanol–water partition coefficient (Wildman–Crippen LogP) is 1.90. The van der Waals surface area contributed by atoms with Crippen molar-refractivity contribution in [2.24, 2.45) is 11.1 Å². The number of methoxy groups -OCH3 is 1. The van der Waals surface area contributed by atoms with E-state index < -0.39 is 17.4 Å². The first-order chi connectivity index (χ1) is 7.80. The number of hydrogen-bond acceptors (Lipinski definition) is 4.